The van der Waals surface area contributed by atoms with Crippen LogP contribution in [0.2, 0.25) is 0 Å². The Morgan fingerprint density at radius 1 is 1.13 bits per heavy atom. The predicted molar refractivity (Wildman–Crippen MR) is 157 cm³/mol. The van der Waals surface area contributed by atoms with Crippen LogP contribution in [0.5, 0.6) is 0 Å². The van der Waals surface area contributed by atoms with Crippen LogP contribution < -0.4 is 16.2 Å². The van der Waals surface area contributed by atoms with Gasteiger partial charge < -0.3 is 31.2 Å². The van der Waals surface area contributed by atoms with Crippen LogP contribution >= 0.6 is 19.0 Å². The average Bonchev–Trinajstić information content (AvgIpc) is 3.75. The highest BCUT2D eigenvalue weighted by atomic mass is 32.7. The summed E-state index contributed by atoms with van der Waals surface area (Å²) in [6.45, 7) is -2.00. The van der Waals surface area contributed by atoms with Gasteiger partial charge in [0.1, 0.15) is 60.0 Å². The molecule has 21 nitrogen and oxygen atoms in total. The topological polar surface area (TPSA) is 288 Å². The Kier molecular flexibility index (Phi) is 8.45. The molecule has 0 radical (unpaired) electrons. The van der Waals surface area contributed by atoms with Gasteiger partial charge in [0.05, 0.1) is 19.3 Å². The van der Waals surface area contributed by atoms with Gasteiger partial charge in [0.25, 0.3) is 0 Å². The fourth-order valence-corrected chi connectivity index (χ4v) is 7.66. The number of nitrogen functional groups attached to an aromatic ring is 1. The first-order valence-corrected chi connectivity index (χ1v) is 17.1. The molecule has 6 rings (SSSR count). The van der Waals surface area contributed by atoms with E-state index in [1.807, 2.05) is 0 Å². The molecule has 0 bridgehead atoms. The third-order valence-corrected chi connectivity index (χ3v) is 9.92. The second-order valence-corrected chi connectivity index (χ2v) is 14.2. The third-order valence-electron chi connectivity index (χ3n) is 7.31. The minimum atomic E-state index is -4.63. The largest absolute Gasteiger partial charge is 0.386 e. The molecule has 3 aliphatic rings. The number of thiol groups is 1. The number of aliphatic hydroxyl groups is 2. The van der Waals surface area contributed by atoms with E-state index in [0.717, 1.165) is 0 Å². The molecular weight excluding hydrogens is 661 g/mol. The van der Waals surface area contributed by atoms with Crippen LogP contribution in [0.15, 0.2) is 29.0 Å². The molecule has 3 aromatic rings. The molecule has 3 saturated heterocycles. The predicted octanol–water partition coefficient (Wildman–Crippen LogP) is -1.84. The summed E-state index contributed by atoms with van der Waals surface area (Å²) in [5, 5.41) is 22.4. The molecule has 0 aromatic carbocycles. The number of hydrogen-bond acceptors (Lipinski definition) is 17. The highest BCUT2D eigenvalue weighted by molar-refractivity contribution is 8.44. The average molecular weight is 690 g/mol. The normalized spacial score (nSPS) is 35.8. The summed E-state index contributed by atoms with van der Waals surface area (Å²) in [7, 11) is -3.20. The third kappa shape index (κ3) is 5.85. The van der Waals surface area contributed by atoms with Crippen molar-refractivity contribution in [2.45, 2.75) is 49.1 Å². The number of nitrogens with zero attached hydrogens (tertiary/aromatic N) is 8. The summed E-state index contributed by atoms with van der Waals surface area (Å²) < 4.78 is 72.6. The maximum Gasteiger partial charge on any atom is 0.386 e. The molecule has 3 aromatic heterocycles. The molecule has 0 amide bonds. The molecule has 0 saturated carbocycles. The fourth-order valence-electron chi connectivity index (χ4n) is 5.20. The maximum atomic E-state index is 13.4. The zero-order chi connectivity index (χ0) is 32.3. The number of hydrogen-bond donors (Lipinski definition) is 6. The van der Waals surface area contributed by atoms with Gasteiger partial charge in [-0.05, 0) is 6.72 Å². The number of nitrogens with one attached hydrogen (secondary N) is 1. The van der Waals surface area contributed by atoms with Gasteiger partial charge in [-0.2, -0.15) is 13.1 Å². The summed E-state index contributed by atoms with van der Waals surface area (Å²) in [6.07, 6.45) is -7.71. The summed E-state index contributed by atoms with van der Waals surface area (Å²) >= 11 is 4.05. The van der Waals surface area contributed by atoms with Crippen molar-refractivity contribution >= 4 is 64.7 Å². The number of amidine groups is 1. The Balaban J connectivity index is 1.28. The molecular formula is C21H28N11O10PS2. The SMILES string of the molecule is C=Nc1c(/C(N)=N\C)ncn1[C@@H]1O[C@@H]2CO[P@@](=O)(S)O[C@H]3[C@@H](O)[C@H](n4cnc5c(N)ncnc54)O[C@@H]3CNS(=O)(=O)O[C@H]2[C@H]1O. The zero-order valence-electron chi connectivity index (χ0n) is 23.2. The van der Waals surface area contributed by atoms with Crippen molar-refractivity contribution in [2.24, 2.45) is 15.7 Å². The van der Waals surface area contributed by atoms with Gasteiger partial charge >= 0.3 is 17.1 Å². The Labute approximate surface area is 259 Å². The smallest absolute Gasteiger partial charge is 0.386 e. The van der Waals surface area contributed by atoms with E-state index in [1.54, 1.807) is 0 Å². The summed E-state index contributed by atoms with van der Waals surface area (Å²) in [4.78, 5) is 24.0. The summed E-state index contributed by atoms with van der Waals surface area (Å²) in [6, 6.07) is 0. The van der Waals surface area contributed by atoms with Crippen molar-refractivity contribution in [3.8, 4) is 0 Å². The first-order valence-electron chi connectivity index (χ1n) is 13.0. The Hall–Kier alpha value is -3.09. The highest BCUT2D eigenvalue weighted by Gasteiger charge is 2.52. The van der Waals surface area contributed by atoms with Gasteiger partial charge in [-0.1, -0.05) is 12.2 Å². The van der Waals surface area contributed by atoms with Crippen LogP contribution in [0.25, 0.3) is 11.2 Å². The van der Waals surface area contributed by atoms with Gasteiger partial charge in [0.15, 0.2) is 29.7 Å². The number of ether oxygens (including phenoxy) is 2. The molecule has 0 unspecified atom stereocenters. The second kappa shape index (κ2) is 11.9. The van der Waals surface area contributed by atoms with Crippen molar-refractivity contribution in [1.82, 2.24) is 33.8 Å². The van der Waals surface area contributed by atoms with Gasteiger partial charge in [0, 0.05) is 13.6 Å². The number of fused-ring (bicyclic) bond motifs is 3. The van der Waals surface area contributed by atoms with E-state index >= 15 is 0 Å². The Morgan fingerprint density at radius 2 is 1.82 bits per heavy atom. The van der Waals surface area contributed by atoms with Crippen molar-refractivity contribution in [2.75, 3.05) is 25.9 Å². The molecule has 244 valence electrons. The quantitative estimate of drug-likeness (QED) is 0.0759. The minimum absolute atomic E-state index is 0.0190. The number of aliphatic hydroxyl groups excluding tert-OH is 2. The Bertz CT molecular complexity index is 1800. The maximum absolute atomic E-state index is 13.4. The second-order valence-electron chi connectivity index (χ2n) is 9.98. The fraction of sp³-hybridized carbons (Fsp3) is 0.524. The van der Waals surface area contributed by atoms with Crippen molar-refractivity contribution in [3.63, 3.8) is 0 Å². The molecule has 0 aliphatic carbocycles. The van der Waals surface area contributed by atoms with E-state index in [1.165, 1.54) is 35.2 Å². The van der Waals surface area contributed by atoms with Crippen molar-refractivity contribution in [3.05, 3.63) is 24.7 Å². The number of nitrogens with two attached hydrogens (primary N) is 2. The molecule has 0 spiro atoms. The molecule has 7 N–H and O–H groups in total. The lowest BCUT2D eigenvalue weighted by atomic mass is 10.1. The molecule has 9 atom stereocenters. The summed E-state index contributed by atoms with van der Waals surface area (Å²) in [5.74, 6) is 0.164. The Morgan fingerprint density at radius 3 is 2.56 bits per heavy atom. The van der Waals surface area contributed by atoms with Gasteiger partial charge in [-0.15, -0.1) is 0 Å². The minimum Gasteiger partial charge on any atom is -0.386 e. The van der Waals surface area contributed by atoms with Crippen LogP contribution in [-0.2, 0) is 37.6 Å². The molecule has 6 heterocycles. The highest BCUT2D eigenvalue weighted by Crippen LogP contribution is 2.57. The van der Waals surface area contributed by atoms with E-state index in [-0.39, 0.29) is 34.3 Å². The van der Waals surface area contributed by atoms with E-state index in [2.05, 4.69) is 53.6 Å². The van der Waals surface area contributed by atoms with E-state index in [9.17, 15) is 23.2 Å². The van der Waals surface area contributed by atoms with E-state index < -0.39 is 79.3 Å². The number of anilines is 1. The zero-order valence-corrected chi connectivity index (χ0v) is 25.8. The molecule has 3 aliphatic heterocycles. The van der Waals surface area contributed by atoms with Crippen LogP contribution in [0.3, 0.4) is 0 Å². The first kappa shape index (κ1) is 31.9. The van der Waals surface area contributed by atoms with Crippen LogP contribution in [0.1, 0.15) is 18.1 Å². The lowest BCUT2D eigenvalue weighted by molar-refractivity contribution is -0.0508. The molecule has 45 heavy (non-hydrogen) atoms. The number of imidazole rings is 2. The van der Waals surface area contributed by atoms with Crippen molar-refractivity contribution < 1.29 is 45.9 Å². The van der Waals surface area contributed by atoms with Crippen LogP contribution in [0.4, 0.5) is 11.6 Å². The van der Waals surface area contributed by atoms with Crippen LogP contribution in [-0.4, -0.2) is 117 Å². The number of aromatic nitrogens is 6. The molecule has 3 fully saturated rings. The van der Waals surface area contributed by atoms with Crippen molar-refractivity contribution in [1.29, 1.82) is 0 Å². The molecule has 24 heteroatoms. The first-order chi connectivity index (χ1) is 21.3. The lowest BCUT2D eigenvalue weighted by Gasteiger charge is -2.27. The lowest BCUT2D eigenvalue weighted by Crippen LogP contribution is -2.45. The monoisotopic (exact) mass is 689 g/mol. The van der Waals surface area contributed by atoms with Gasteiger partial charge in [-0.25, -0.2) is 33.7 Å². The number of aliphatic imine (C=N–C) groups is 2. The van der Waals surface area contributed by atoms with Crippen LogP contribution in [0, 0.1) is 0 Å². The standard InChI is InChI=1S/C21H28N11O10PS2/c1-24-16(22)10-18(25-2)31(6-28-10)21-13(34)15-9(40-21)4-38-43(35,44)41-14-8(3-30-45(36,37)42-15)39-20(12(14)33)32-7-29-11-17(23)26-5-27-19(11)32/h5-9,12-15,20-21,30,33-34H,2-4H2,1H3,(H2,22,24)(H,35,44)(H2,23,26,27)/t8-,9-,12-,13-,14-,15-,20-,21-,43-/m1/s1. The number of rotatable bonds is 4. The summed E-state index contributed by atoms with van der Waals surface area (Å²) in [5.41, 5.74) is 12.3. The van der Waals surface area contributed by atoms with E-state index in [0.29, 0.717) is 0 Å². The van der Waals surface area contributed by atoms with E-state index in [4.69, 9.17) is 34.2 Å². The van der Waals surface area contributed by atoms with Gasteiger partial charge in [0.2, 0.25) is 0 Å². The van der Waals surface area contributed by atoms with Gasteiger partial charge in [-0.3, -0.25) is 23.2 Å².